The van der Waals surface area contributed by atoms with Gasteiger partial charge < -0.3 is 24.1 Å². The van der Waals surface area contributed by atoms with E-state index in [0.29, 0.717) is 18.9 Å². The number of nitrogens with one attached hydrogen (secondary N) is 1. The monoisotopic (exact) mass is 594 g/mol. The number of fused-ring (bicyclic) bond motifs is 2. The third-order valence-corrected chi connectivity index (χ3v) is 8.22. The van der Waals surface area contributed by atoms with E-state index < -0.39 is 0 Å². The fourth-order valence-corrected chi connectivity index (χ4v) is 5.94. The molecule has 0 spiro atoms. The van der Waals surface area contributed by atoms with Crippen LogP contribution in [-0.4, -0.2) is 17.3 Å². The summed E-state index contributed by atoms with van der Waals surface area (Å²) in [5.41, 5.74) is 6.56. The summed E-state index contributed by atoms with van der Waals surface area (Å²) in [5, 5.41) is 4.28. The summed E-state index contributed by atoms with van der Waals surface area (Å²) in [6.07, 6.45) is 2.50. The van der Waals surface area contributed by atoms with Gasteiger partial charge in [0, 0.05) is 42.5 Å². The Bertz CT molecular complexity index is 1920. The third-order valence-electron chi connectivity index (χ3n) is 8.22. The highest BCUT2D eigenvalue weighted by Crippen LogP contribution is 2.37. The van der Waals surface area contributed by atoms with Gasteiger partial charge in [-0.1, -0.05) is 97.1 Å². The Morgan fingerprint density at radius 3 is 2.36 bits per heavy atom. The summed E-state index contributed by atoms with van der Waals surface area (Å²) in [7, 11) is 0. The maximum absolute atomic E-state index is 13.6. The lowest BCUT2D eigenvalue weighted by atomic mass is 9.88. The van der Waals surface area contributed by atoms with Crippen LogP contribution in [0, 0.1) is 0 Å². The van der Waals surface area contributed by atoms with Gasteiger partial charge in [-0.2, -0.15) is 0 Å². The molecule has 7 rings (SSSR count). The van der Waals surface area contributed by atoms with Crippen LogP contribution in [0.1, 0.15) is 40.2 Å². The van der Waals surface area contributed by atoms with Crippen LogP contribution in [0.15, 0.2) is 134 Å². The first-order valence-corrected chi connectivity index (χ1v) is 15.2. The Morgan fingerprint density at radius 2 is 1.51 bits per heavy atom. The second-order valence-electron chi connectivity index (χ2n) is 11.3. The molecule has 0 radical (unpaired) electrons. The van der Waals surface area contributed by atoms with Gasteiger partial charge in [-0.15, -0.1) is 0 Å². The predicted molar refractivity (Wildman–Crippen MR) is 176 cm³/mol. The van der Waals surface area contributed by atoms with Gasteiger partial charge in [0.05, 0.1) is 0 Å². The molecule has 0 saturated heterocycles. The number of hydrogen-bond donors (Lipinski definition) is 1. The van der Waals surface area contributed by atoms with Crippen molar-refractivity contribution in [2.45, 2.75) is 32.0 Å². The van der Waals surface area contributed by atoms with Crippen LogP contribution in [0.4, 0.5) is 0 Å². The summed E-state index contributed by atoms with van der Waals surface area (Å²) in [5.74, 6) is 1.98. The van der Waals surface area contributed by atoms with E-state index in [1.54, 1.807) is 0 Å². The minimum Gasteiger partial charge on any atom is -0.489 e. The number of hydrogen-bond acceptors (Lipinski definition) is 4. The summed E-state index contributed by atoms with van der Waals surface area (Å²) < 4.78 is 19.5. The molecule has 1 amide bonds. The molecule has 0 fully saturated rings. The second kappa shape index (κ2) is 13.0. The molecule has 2 heterocycles. The van der Waals surface area contributed by atoms with Gasteiger partial charge in [0.15, 0.2) is 11.5 Å². The first kappa shape index (κ1) is 28.3. The van der Waals surface area contributed by atoms with Gasteiger partial charge in [0.1, 0.15) is 12.4 Å². The second-order valence-corrected chi connectivity index (χ2v) is 11.3. The van der Waals surface area contributed by atoms with Crippen molar-refractivity contribution in [3.8, 4) is 17.2 Å². The number of rotatable bonds is 11. The van der Waals surface area contributed by atoms with Crippen molar-refractivity contribution >= 4 is 16.8 Å². The minimum absolute atomic E-state index is 0.0341. The van der Waals surface area contributed by atoms with Crippen LogP contribution in [0.25, 0.3) is 10.9 Å². The van der Waals surface area contributed by atoms with Crippen molar-refractivity contribution in [3.05, 3.63) is 161 Å². The van der Waals surface area contributed by atoms with E-state index in [1.165, 1.54) is 5.56 Å². The Hall–Kier alpha value is -5.49. The van der Waals surface area contributed by atoms with Crippen LogP contribution in [-0.2, 0) is 24.5 Å². The zero-order valence-corrected chi connectivity index (χ0v) is 24.9. The van der Waals surface area contributed by atoms with Gasteiger partial charge in [-0.25, -0.2) is 0 Å². The normalized spacial score (nSPS) is 12.6. The van der Waals surface area contributed by atoms with Crippen LogP contribution in [0.3, 0.4) is 0 Å². The number of carbonyl (C=O) groups is 1. The van der Waals surface area contributed by atoms with Crippen molar-refractivity contribution < 1.29 is 19.0 Å². The van der Waals surface area contributed by atoms with Crippen LogP contribution in [0.5, 0.6) is 17.2 Å². The zero-order valence-electron chi connectivity index (χ0n) is 24.9. The highest BCUT2D eigenvalue weighted by Gasteiger charge is 2.24. The molecule has 1 aliphatic rings. The standard InChI is InChI=1S/C39H34N2O4/c42-39(40-23-30-18-19-37-38(20-30)45-27-44-37)22-34(31-14-9-15-32(21-31)43-26-29-12-5-2-6-13-29)35-25-41(24-28-10-3-1-4-11-28)36-17-8-7-16-33(35)36/h1-21,25,34H,22-24,26-27H2,(H,40,42). The number of para-hydroxylation sites is 1. The Balaban J connectivity index is 1.19. The fourth-order valence-electron chi connectivity index (χ4n) is 5.94. The summed E-state index contributed by atoms with van der Waals surface area (Å²) >= 11 is 0. The number of ether oxygens (including phenoxy) is 3. The minimum atomic E-state index is -0.191. The van der Waals surface area contributed by atoms with Crippen molar-refractivity contribution in [1.82, 2.24) is 9.88 Å². The maximum atomic E-state index is 13.6. The van der Waals surface area contributed by atoms with E-state index in [2.05, 4.69) is 88.9 Å². The van der Waals surface area contributed by atoms with E-state index in [0.717, 1.165) is 51.2 Å². The lowest BCUT2D eigenvalue weighted by Gasteiger charge is -2.19. The number of aromatic nitrogens is 1. The summed E-state index contributed by atoms with van der Waals surface area (Å²) in [6.45, 7) is 1.84. The van der Waals surface area contributed by atoms with E-state index in [9.17, 15) is 4.79 Å². The van der Waals surface area contributed by atoms with Gasteiger partial charge in [-0.05, 0) is 58.1 Å². The van der Waals surface area contributed by atoms with Crippen LogP contribution in [0.2, 0.25) is 0 Å². The highest BCUT2D eigenvalue weighted by molar-refractivity contribution is 5.87. The summed E-state index contributed by atoms with van der Waals surface area (Å²) in [4.78, 5) is 13.6. The Kier molecular flexibility index (Phi) is 8.19. The van der Waals surface area contributed by atoms with Crippen molar-refractivity contribution in [3.63, 3.8) is 0 Å². The molecule has 0 aliphatic carbocycles. The SMILES string of the molecule is O=C(CC(c1cccc(OCc2ccccc2)c1)c1cn(Cc2ccccc2)c2ccccc12)NCc1ccc2c(c1)OCO2. The summed E-state index contributed by atoms with van der Waals surface area (Å²) in [6, 6.07) is 42.9. The molecule has 1 aromatic heterocycles. The first-order chi connectivity index (χ1) is 22.2. The van der Waals surface area contributed by atoms with Crippen LogP contribution >= 0.6 is 0 Å². The molecule has 45 heavy (non-hydrogen) atoms. The lowest BCUT2D eigenvalue weighted by molar-refractivity contribution is -0.121. The van der Waals surface area contributed by atoms with Gasteiger partial charge >= 0.3 is 0 Å². The van der Waals surface area contributed by atoms with Gasteiger partial charge in [-0.3, -0.25) is 4.79 Å². The molecule has 1 aliphatic heterocycles. The van der Waals surface area contributed by atoms with Crippen molar-refractivity contribution in [1.29, 1.82) is 0 Å². The van der Waals surface area contributed by atoms with Crippen molar-refractivity contribution in [2.75, 3.05) is 6.79 Å². The Morgan fingerprint density at radius 1 is 0.756 bits per heavy atom. The molecule has 6 nitrogen and oxygen atoms in total. The number of amides is 1. The van der Waals surface area contributed by atoms with Gasteiger partial charge in [0.25, 0.3) is 0 Å². The van der Waals surface area contributed by atoms with Gasteiger partial charge in [0.2, 0.25) is 12.7 Å². The molecule has 6 heteroatoms. The number of nitrogens with zero attached hydrogens (tertiary/aromatic N) is 1. The zero-order chi connectivity index (χ0) is 30.4. The number of carbonyl (C=O) groups excluding carboxylic acids is 1. The fraction of sp³-hybridized carbons (Fsp3) is 0.154. The number of benzene rings is 5. The molecular weight excluding hydrogens is 560 g/mol. The topological polar surface area (TPSA) is 61.7 Å². The van der Waals surface area contributed by atoms with E-state index >= 15 is 0 Å². The average Bonchev–Trinajstić information content (AvgIpc) is 3.71. The highest BCUT2D eigenvalue weighted by atomic mass is 16.7. The smallest absolute Gasteiger partial charge is 0.231 e. The molecular formula is C39H34N2O4. The van der Waals surface area contributed by atoms with Crippen molar-refractivity contribution in [2.24, 2.45) is 0 Å². The van der Waals surface area contributed by atoms with E-state index in [-0.39, 0.29) is 25.0 Å². The van der Waals surface area contributed by atoms with E-state index in [4.69, 9.17) is 14.2 Å². The molecule has 0 bridgehead atoms. The third kappa shape index (κ3) is 6.55. The quantitative estimate of drug-likeness (QED) is 0.166. The first-order valence-electron chi connectivity index (χ1n) is 15.2. The molecule has 1 N–H and O–H groups in total. The molecule has 1 unspecified atom stereocenters. The molecule has 6 aromatic rings. The average molecular weight is 595 g/mol. The molecule has 5 aromatic carbocycles. The lowest BCUT2D eigenvalue weighted by Crippen LogP contribution is -2.25. The maximum Gasteiger partial charge on any atom is 0.231 e. The van der Waals surface area contributed by atoms with Crippen LogP contribution < -0.4 is 19.5 Å². The van der Waals surface area contributed by atoms with E-state index in [1.807, 2.05) is 54.6 Å². The molecule has 224 valence electrons. The molecule has 0 saturated carbocycles. The largest absolute Gasteiger partial charge is 0.489 e. The molecule has 1 atom stereocenters. The predicted octanol–water partition coefficient (Wildman–Crippen LogP) is 7.84. The Labute approximate surface area is 262 Å².